The Hall–Kier alpha value is -8.25. The lowest BCUT2D eigenvalue weighted by atomic mass is 9.30. The van der Waals surface area contributed by atoms with Gasteiger partial charge in [0.1, 0.15) is 0 Å². The normalized spacial score (nSPS) is 13.9. The number of benzene rings is 10. The van der Waals surface area contributed by atoms with Gasteiger partial charge >= 0.3 is 0 Å². The Labute approximate surface area is 389 Å². The fourth-order valence-corrected chi connectivity index (χ4v) is 14.3. The number of anilines is 6. The summed E-state index contributed by atoms with van der Waals surface area (Å²) in [4.78, 5) is 5.03. The average Bonchev–Trinajstić information content (AvgIpc) is 4.04. The number of para-hydroxylation sites is 5. The molecule has 7 heterocycles. The highest BCUT2D eigenvalue weighted by atomic mass is 32.1. The maximum Gasteiger partial charge on any atom is 0.252 e. The van der Waals surface area contributed by atoms with E-state index >= 15 is 0 Å². The maximum atomic E-state index is 2.64. The Morgan fingerprint density at radius 1 is 0.299 bits per heavy atom. The minimum atomic E-state index is 0.00860. The van der Waals surface area contributed by atoms with Crippen molar-refractivity contribution in [2.24, 2.45) is 0 Å². The highest BCUT2D eigenvalue weighted by Gasteiger charge is 2.47. The number of aromatic nitrogens is 2. The molecule has 7 heteroatoms. The lowest BCUT2D eigenvalue weighted by Gasteiger charge is -2.45. The van der Waals surface area contributed by atoms with E-state index in [4.69, 9.17) is 0 Å². The van der Waals surface area contributed by atoms with E-state index in [9.17, 15) is 0 Å². The van der Waals surface area contributed by atoms with Crippen molar-refractivity contribution in [3.63, 3.8) is 0 Å². The Kier molecular flexibility index (Phi) is 6.46. The standard InChI is InChI=1S/C60H34B2N4S/c1-3-16-35(17-4-1)63-48-25-12-9-22-43(48)61-45-33-46-54(34-53(45)64(36-18-5-2-6-19-36)51-28-15-27-50(63)57(51)61)65-47-24-11-7-20-37(47)41-30-42-39-32-56-40(38-21-8-14-29-55(38)67-56)31-52(39)66-49-26-13-10-23-44(49)62(46)58(59(41)65)60(42)66/h1-34H. The molecule has 0 N–H and O–H groups in total. The van der Waals surface area contributed by atoms with Gasteiger partial charge in [-0.1, -0.05) is 121 Å². The Morgan fingerprint density at radius 3 is 1.64 bits per heavy atom. The molecular formula is C60H34B2N4S. The summed E-state index contributed by atoms with van der Waals surface area (Å²) in [5.74, 6) is 0. The van der Waals surface area contributed by atoms with Crippen molar-refractivity contribution in [1.82, 2.24) is 9.13 Å². The SMILES string of the molecule is c1ccc(N2c3ccccc3B3c4cc5c(cc4N(c4ccccc4)c4cccc2c43)-n2c3ccccc3c3cc4c6cc7sc8ccccc8c7cc6n6c4c(c32)B5c2ccccc2-6)cc1. The molecule has 10 aromatic carbocycles. The van der Waals surface area contributed by atoms with Gasteiger partial charge in [0.15, 0.2) is 0 Å². The van der Waals surface area contributed by atoms with Crippen LogP contribution in [-0.2, 0) is 0 Å². The van der Waals surface area contributed by atoms with Gasteiger partial charge in [0.05, 0.1) is 22.1 Å². The van der Waals surface area contributed by atoms with Crippen LogP contribution in [0.1, 0.15) is 0 Å². The number of hydrogen-bond acceptors (Lipinski definition) is 3. The van der Waals surface area contributed by atoms with Crippen LogP contribution in [0.15, 0.2) is 206 Å². The molecule has 0 unspecified atom stereocenters. The molecule has 0 fully saturated rings. The first-order valence-corrected chi connectivity index (χ1v) is 24.2. The van der Waals surface area contributed by atoms with Crippen molar-refractivity contribution in [2.75, 3.05) is 9.80 Å². The summed E-state index contributed by atoms with van der Waals surface area (Å²) in [5, 5.41) is 7.92. The Bertz CT molecular complexity index is 4380. The monoisotopic (exact) mass is 864 g/mol. The molecule has 306 valence electrons. The van der Waals surface area contributed by atoms with Crippen LogP contribution < -0.4 is 42.6 Å². The summed E-state index contributed by atoms with van der Waals surface area (Å²) in [5.41, 5.74) is 23.0. The molecule has 67 heavy (non-hydrogen) atoms. The molecule has 0 saturated heterocycles. The van der Waals surface area contributed by atoms with E-state index in [0.717, 1.165) is 11.4 Å². The summed E-state index contributed by atoms with van der Waals surface area (Å²) in [6.07, 6.45) is 0. The number of rotatable bonds is 2. The van der Waals surface area contributed by atoms with Crippen molar-refractivity contribution < 1.29 is 0 Å². The summed E-state index contributed by atoms with van der Waals surface area (Å²) < 4.78 is 7.93. The second kappa shape index (κ2) is 12.3. The fourth-order valence-electron chi connectivity index (χ4n) is 13.1. The van der Waals surface area contributed by atoms with Gasteiger partial charge < -0.3 is 18.9 Å². The van der Waals surface area contributed by atoms with Gasteiger partial charge in [-0.3, -0.25) is 0 Å². The molecule has 0 spiro atoms. The molecule has 0 aliphatic carbocycles. The first-order valence-electron chi connectivity index (χ1n) is 23.3. The lowest BCUT2D eigenvalue weighted by Crippen LogP contribution is -2.64. The van der Waals surface area contributed by atoms with Crippen LogP contribution in [0.25, 0.3) is 75.2 Å². The minimum absolute atomic E-state index is 0.00860. The summed E-state index contributed by atoms with van der Waals surface area (Å²) >= 11 is 1.91. The maximum absolute atomic E-state index is 2.64. The molecule has 4 nitrogen and oxygen atoms in total. The largest absolute Gasteiger partial charge is 0.311 e. The van der Waals surface area contributed by atoms with E-state index < -0.39 is 0 Å². The van der Waals surface area contributed by atoms with E-state index in [1.54, 1.807) is 0 Å². The van der Waals surface area contributed by atoms with Crippen molar-refractivity contribution in [2.45, 2.75) is 0 Å². The number of nitrogens with zero attached hydrogens (tertiary/aromatic N) is 4. The summed E-state index contributed by atoms with van der Waals surface area (Å²) in [6, 6.07) is 78.0. The first kappa shape index (κ1) is 35.1. The minimum Gasteiger partial charge on any atom is -0.311 e. The Balaban J connectivity index is 1.03. The van der Waals surface area contributed by atoms with E-state index in [1.165, 1.54) is 131 Å². The van der Waals surface area contributed by atoms with Gasteiger partial charge in [-0.25, -0.2) is 0 Å². The van der Waals surface area contributed by atoms with Gasteiger partial charge in [-0.15, -0.1) is 11.3 Å². The second-order valence-corrected chi connectivity index (χ2v) is 19.8. The van der Waals surface area contributed by atoms with Crippen LogP contribution in [0.5, 0.6) is 0 Å². The molecule has 4 aliphatic rings. The highest BCUT2D eigenvalue weighted by Crippen LogP contribution is 2.48. The van der Waals surface area contributed by atoms with E-state index in [2.05, 4.69) is 225 Å². The van der Waals surface area contributed by atoms with Crippen molar-refractivity contribution in [1.29, 1.82) is 0 Å². The molecular weight excluding hydrogens is 830 g/mol. The average molecular weight is 865 g/mol. The van der Waals surface area contributed by atoms with Crippen LogP contribution in [-0.4, -0.2) is 22.6 Å². The zero-order valence-electron chi connectivity index (χ0n) is 36.0. The van der Waals surface area contributed by atoms with Crippen LogP contribution in [0.4, 0.5) is 34.1 Å². The Morgan fingerprint density at radius 2 is 0.866 bits per heavy atom. The molecule has 0 amide bonds. The van der Waals surface area contributed by atoms with E-state index in [0.29, 0.717) is 0 Å². The van der Waals surface area contributed by atoms with Crippen LogP contribution in [0.2, 0.25) is 0 Å². The predicted octanol–water partition coefficient (Wildman–Crippen LogP) is 11.5. The smallest absolute Gasteiger partial charge is 0.252 e. The third-order valence-electron chi connectivity index (χ3n) is 15.6. The quantitative estimate of drug-likeness (QED) is 0.161. The zero-order chi connectivity index (χ0) is 43.2. The van der Waals surface area contributed by atoms with Gasteiger partial charge in [-0.05, 0) is 118 Å². The molecule has 3 aromatic heterocycles. The zero-order valence-corrected chi connectivity index (χ0v) is 36.8. The van der Waals surface area contributed by atoms with E-state index in [-0.39, 0.29) is 13.4 Å². The molecule has 0 atom stereocenters. The summed E-state index contributed by atoms with van der Waals surface area (Å²) in [6.45, 7) is 0.0222. The fraction of sp³-hybridized carbons (Fsp3) is 0. The molecule has 0 saturated carbocycles. The number of hydrogen-bond donors (Lipinski definition) is 0. The van der Waals surface area contributed by atoms with Crippen molar-refractivity contribution in [3.8, 4) is 11.4 Å². The van der Waals surface area contributed by atoms with Crippen molar-refractivity contribution >= 4 is 155 Å². The molecule has 4 aliphatic heterocycles. The second-order valence-electron chi connectivity index (χ2n) is 18.7. The summed E-state index contributed by atoms with van der Waals surface area (Å²) in [7, 11) is 0. The van der Waals surface area contributed by atoms with E-state index in [1.807, 2.05) is 11.3 Å². The van der Waals surface area contributed by atoms with Gasteiger partial charge in [0.25, 0.3) is 13.4 Å². The van der Waals surface area contributed by atoms with Gasteiger partial charge in [0.2, 0.25) is 0 Å². The van der Waals surface area contributed by atoms with Crippen LogP contribution >= 0.6 is 11.3 Å². The molecule has 0 radical (unpaired) electrons. The van der Waals surface area contributed by atoms with Crippen molar-refractivity contribution in [3.05, 3.63) is 206 Å². The number of thiophene rings is 1. The number of fused-ring (bicyclic) bond motifs is 19. The third kappa shape index (κ3) is 4.24. The van der Waals surface area contributed by atoms with Gasteiger partial charge in [-0.2, -0.15) is 0 Å². The predicted molar refractivity (Wildman–Crippen MR) is 287 cm³/mol. The topological polar surface area (TPSA) is 16.3 Å². The van der Waals surface area contributed by atoms with Crippen LogP contribution in [0.3, 0.4) is 0 Å². The molecule has 17 rings (SSSR count). The highest BCUT2D eigenvalue weighted by molar-refractivity contribution is 7.26. The molecule has 13 aromatic rings. The first-order chi connectivity index (χ1) is 33.3. The van der Waals surface area contributed by atoms with Gasteiger partial charge in [0, 0.05) is 87.2 Å². The molecule has 0 bridgehead atoms. The lowest BCUT2D eigenvalue weighted by molar-refractivity contribution is 1.16. The van der Waals surface area contributed by atoms with Crippen LogP contribution in [0, 0.1) is 0 Å². The third-order valence-corrected chi connectivity index (χ3v) is 16.8.